The molecule has 0 saturated carbocycles. The lowest BCUT2D eigenvalue weighted by Crippen LogP contribution is -2.11. The van der Waals surface area contributed by atoms with Gasteiger partial charge in [-0.1, -0.05) is 90.9 Å². The van der Waals surface area contributed by atoms with E-state index in [2.05, 4.69) is 13.8 Å². The summed E-state index contributed by atoms with van der Waals surface area (Å²) in [6, 6.07) is 0. The maximum atomic E-state index is 5.74. The fraction of sp³-hybridized carbons (Fsp3) is 1.00. The molecule has 0 atom stereocenters. The van der Waals surface area contributed by atoms with Crippen LogP contribution in [0.4, 0.5) is 0 Å². The van der Waals surface area contributed by atoms with Gasteiger partial charge in [0.2, 0.25) is 0 Å². The topological polar surface area (TPSA) is 9.23 Å². The van der Waals surface area contributed by atoms with Crippen molar-refractivity contribution < 1.29 is 3.79 Å². The van der Waals surface area contributed by atoms with E-state index in [1.54, 1.807) is 0 Å². The molecule has 0 unspecified atom stereocenters. The molecule has 0 aliphatic carbocycles. The van der Waals surface area contributed by atoms with Gasteiger partial charge in [0.25, 0.3) is 0 Å². The first-order chi connectivity index (χ1) is 9.35. The first kappa shape index (κ1) is 19.5. The van der Waals surface area contributed by atoms with Crippen molar-refractivity contribution >= 4 is 16.6 Å². The van der Waals surface area contributed by atoms with Crippen LogP contribution in [-0.4, -0.2) is 22.7 Å². The highest BCUT2D eigenvalue weighted by atomic mass is 27.1. The second-order valence-corrected chi connectivity index (χ2v) is 6.44. The van der Waals surface area contributed by atoms with Crippen LogP contribution in [0, 0.1) is 0 Å². The van der Waals surface area contributed by atoms with Crippen molar-refractivity contribution in [2.45, 2.75) is 110 Å². The second kappa shape index (κ2) is 16.5. The third-order valence-electron chi connectivity index (χ3n) is 4.09. The smallest absolute Gasteiger partial charge is 0.410 e. The Morgan fingerprint density at radius 2 is 1.00 bits per heavy atom. The standard InChI is InChI=1S/C17H35O.Al.2H/c1-3-5-7-9-11-13-15-17(18)16-14-12-10-8-6-4-2;;;/h17H,3-16H2,1-2H3;;;/q-1;+1;;. The molecule has 0 spiro atoms. The molecule has 114 valence electrons. The molecule has 0 fully saturated rings. The van der Waals surface area contributed by atoms with Gasteiger partial charge in [0.1, 0.15) is 0 Å². The van der Waals surface area contributed by atoms with Crippen LogP contribution in [0.1, 0.15) is 104 Å². The molecule has 0 aromatic rings. The molecule has 0 bridgehead atoms. The minimum atomic E-state index is 0.587. The van der Waals surface area contributed by atoms with Crippen LogP contribution < -0.4 is 0 Å². The van der Waals surface area contributed by atoms with E-state index in [1.807, 2.05) is 0 Å². The summed E-state index contributed by atoms with van der Waals surface area (Å²) in [6.07, 6.45) is 20.1. The highest BCUT2D eigenvalue weighted by Gasteiger charge is 2.05. The summed E-state index contributed by atoms with van der Waals surface area (Å²) < 4.78 is 5.74. The molecule has 19 heavy (non-hydrogen) atoms. The zero-order chi connectivity index (χ0) is 14.2. The van der Waals surface area contributed by atoms with Crippen molar-refractivity contribution in [1.29, 1.82) is 0 Å². The van der Waals surface area contributed by atoms with Gasteiger partial charge in [-0.05, 0) is 12.8 Å². The molecule has 0 aliphatic rings. The Hall–Kier alpha value is 0.492. The Balaban J connectivity index is 3.30. The van der Waals surface area contributed by atoms with E-state index in [1.165, 1.54) is 89.9 Å². The van der Waals surface area contributed by atoms with E-state index in [4.69, 9.17) is 3.79 Å². The summed E-state index contributed by atoms with van der Waals surface area (Å²) >= 11 is 0.913. The second-order valence-electron chi connectivity index (χ2n) is 5.97. The van der Waals surface area contributed by atoms with Gasteiger partial charge in [-0.2, -0.15) is 0 Å². The molecule has 0 N–H and O–H groups in total. The summed E-state index contributed by atoms with van der Waals surface area (Å²) in [5.41, 5.74) is 0. The number of unbranched alkanes of at least 4 members (excludes halogenated alkanes) is 10. The molecule has 0 radical (unpaired) electrons. The number of rotatable bonds is 15. The zero-order valence-electron chi connectivity index (χ0n) is 13.9. The molecule has 2 heteroatoms. The molecular formula is C17H37AlO. The predicted molar refractivity (Wildman–Crippen MR) is 89.4 cm³/mol. The number of hydrogen-bond donors (Lipinski definition) is 0. The summed E-state index contributed by atoms with van der Waals surface area (Å²) in [5, 5.41) is 0. The monoisotopic (exact) mass is 284 g/mol. The minimum absolute atomic E-state index is 0.587. The average molecular weight is 284 g/mol. The van der Waals surface area contributed by atoms with Gasteiger partial charge in [-0.15, -0.1) is 0 Å². The van der Waals surface area contributed by atoms with Crippen molar-refractivity contribution in [1.82, 2.24) is 0 Å². The predicted octanol–water partition coefficient (Wildman–Crippen LogP) is 5.42. The fourth-order valence-corrected chi connectivity index (χ4v) is 3.16. The van der Waals surface area contributed by atoms with Crippen LogP contribution in [0.2, 0.25) is 0 Å². The molecule has 0 amide bonds. The van der Waals surface area contributed by atoms with Gasteiger partial charge in [0.05, 0.1) is 0 Å². The molecule has 0 rings (SSSR count). The SMILES string of the molecule is CCCCCCCCC(CCCCCCCC)[O][AlH2]. The maximum absolute atomic E-state index is 5.74. The van der Waals surface area contributed by atoms with Crippen LogP contribution in [0.15, 0.2) is 0 Å². The lowest BCUT2D eigenvalue weighted by atomic mass is 10.0. The van der Waals surface area contributed by atoms with Crippen molar-refractivity contribution in [3.05, 3.63) is 0 Å². The zero-order valence-corrected chi connectivity index (χ0v) is 15.9. The lowest BCUT2D eigenvalue weighted by molar-refractivity contribution is 0.189. The Morgan fingerprint density at radius 1 is 0.632 bits per heavy atom. The molecule has 0 heterocycles. The van der Waals surface area contributed by atoms with E-state index >= 15 is 0 Å². The van der Waals surface area contributed by atoms with Crippen LogP contribution in [-0.2, 0) is 3.79 Å². The van der Waals surface area contributed by atoms with Crippen molar-refractivity contribution in [2.24, 2.45) is 0 Å². The van der Waals surface area contributed by atoms with Crippen LogP contribution >= 0.6 is 0 Å². The van der Waals surface area contributed by atoms with Crippen molar-refractivity contribution in [3.63, 3.8) is 0 Å². The maximum Gasteiger partial charge on any atom is 0.410 e. The first-order valence-corrected chi connectivity index (χ1v) is 9.69. The molecule has 0 aliphatic heterocycles. The van der Waals surface area contributed by atoms with Gasteiger partial charge < -0.3 is 3.79 Å². The third-order valence-corrected chi connectivity index (χ3v) is 4.76. The lowest BCUT2D eigenvalue weighted by Gasteiger charge is -2.16. The molecule has 1 nitrogen and oxygen atoms in total. The van der Waals surface area contributed by atoms with Gasteiger partial charge in [0.15, 0.2) is 0 Å². The van der Waals surface area contributed by atoms with E-state index in [-0.39, 0.29) is 0 Å². The Bertz CT molecular complexity index is 145. The third kappa shape index (κ3) is 14.7. The van der Waals surface area contributed by atoms with E-state index in [9.17, 15) is 0 Å². The number of hydrogen-bond acceptors (Lipinski definition) is 1. The Labute approximate surface area is 130 Å². The summed E-state index contributed by atoms with van der Waals surface area (Å²) in [5.74, 6) is 0. The molecule has 0 aromatic heterocycles. The normalized spacial score (nSPS) is 11.3. The summed E-state index contributed by atoms with van der Waals surface area (Å²) in [6.45, 7) is 4.57. The average Bonchev–Trinajstić information content (AvgIpc) is 2.44. The fourth-order valence-electron chi connectivity index (χ4n) is 2.68. The van der Waals surface area contributed by atoms with Crippen molar-refractivity contribution in [3.8, 4) is 0 Å². The highest BCUT2D eigenvalue weighted by molar-refractivity contribution is 5.98. The van der Waals surface area contributed by atoms with Crippen LogP contribution in [0.5, 0.6) is 0 Å². The van der Waals surface area contributed by atoms with Crippen LogP contribution in [0.25, 0.3) is 0 Å². The van der Waals surface area contributed by atoms with Crippen molar-refractivity contribution in [2.75, 3.05) is 0 Å². The van der Waals surface area contributed by atoms with Gasteiger partial charge >= 0.3 is 16.6 Å². The molecule has 0 aromatic carbocycles. The summed E-state index contributed by atoms with van der Waals surface area (Å²) in [7, 11) is 0. The quantitative estimate of drug-likeness (QED) is 0.288. The van der Waals surface area contributed by atoms with E-state index in [0.717, 1.165) is 16.6 Å². The van der Waals surface area contributed by atoms with Crippen LogP contribution in [0.3, 0.4) is 0 Å². The van der Waals surface area contributed by atoms with Gasteiger partial charge in [-0.25, -0.2) is 0 Å². The van der Waals surface area contributed by atoms with Gasteiger partial charge in [-0.3, -0.25) is 0 Å². The highest BCUT2D eigenvalue weighted by Crippen LogP contribution is 2.15. The molecular weight excluding hydrogens is 247 g/mol. The Morgan fingerprint density at radius 3 is 1.37 bits per heavy atom. The Kier molecular flexibility index (Phi) is 17.0. The van der Waals surface area contributed by atoms with E-state index < -0.39 is 0 Å². The minimum Gasteiger partial charge on any atom is -0.504 e. The van der Waals surface area contributed by atoms with E-state index in [0.29, 0.717) is 6.10 Å². The largest absolute Gasteiger partial charge is 0.504 e. The van der Waals surface area contributed by atoms with Gasteiger partial charge in [0, 0.05) is 6.10 Å². The summed E-state index contributed by atoms with van der Waals surface area (Å²) in [4.78, 5) is 0. The first-order valence-electron chi connectivity index (χ1n) is 8.87. The molecule has 0 saturated heterocycles.